The first kappa shape index (κ1) is 32.9. The Morgan fingerprint density at radius 3 is 2.21 bits per heavy atom. The normalized spacial score (nSPS) is 25.1. The summed E-state index contributed by atoms with van der Waals surface area (Å²) in [6, 6.07) is 20.5. The zero-order chi connectivity index (χ0) is 30.1. The summed E-state index contributed by atoms with van der Waals surface area (Å²) in [5.74, 6) is -0.323. The molecule has 7 nitrogen and oxygen atoms in total. The van der Waals surface area contributed by atoms with Gasteiger partial charge in [-0.05, 0) is 67.1 Å². The smallest absolute Gasteiger partial charge is 0.261 e. The minimum atomic E-state index is -1.13. The second-order valence-corrected chi connectivity index (χ2v) is 11.9. The quantitative estimate of drug-likeness (QED) is 0.302. The number of halogens is 3. The van der Waals surface area contributed by atoms with Crippen LogP contribution in [-0.2, 0) is 10.2 Å². The first-order valence-corrected chi connectivity index (χ1v) is 15.1. The van der Waals surface area contributed by atoms with E-state index in [0.29, 0.717) is 53.0 Å². The van der Waals surface area contributed by atoms with Crippen molar-refractivity contribution in [1.82, 2.24) is 10.2 Å². The van der Waals surface area contributed by atoms with Crippen molar-refractivity contribution in [3.63, 3.8) is 0 Å². The van der Waals surface area contributed by atoms with Gasteiger partial charge in [0.2, 0.25) is 5.91 Å². The van der Waals surface area contributed by atoms with Crippen LogP contribution in [0.1, 0.15) is 53.6 Å². The summed E-state index contributed by atoms with van der Waals surface area (Å²) < 4.78 is 11.3. The summed E-state index contributed by atoms with van der Waals surface area (Å²) in [6.07, 6.45) is 1.71. The first-order valence-electron chi connectivity index (χ1n) is 14.3. The maximum Gasteiger partial charge on any atom is 0.261 e. The monoisotopic (exact) mass is 645 g/mol. The third-order valence-electron chi connectivity index (χ3n) is 9.45. The van der Waals surface area contributed by atoms with E-state index in [1.807, 2.05) is 47.4 Å². The lowest BCUT2D eigenvalue weighted by molar-refractivity contribution is -0.131. The van der Waals surface area contributed by atoms with E-state index >= 15 is 0 Å². The minimum absolute atomic E-state index is 0. The summed E-state index contributed by atoms with van der Waals surface area (Å²) in [4.78, 5) is 30.8. The molecule has 0 spiro atoms. The largest absolute Gasteiger partial charge is 0.496 e. The van der Waals surface area contributed by atoms with Gasteiger partial charge in [0.05, 0.1) is 35.2 Å². The number of carbonyl (C=O) groups excluding carboxylic acids is 2. The van der Waals surface area contributed by atoms with Crippen molar-refractivity contribution in [3.05, 3.63) is 93.5 Å². The number of methoxy groups -OCH3 is 2. The van der Waals surface area contributed by atoms with Gasteiger partial charge in [-0.2, -0.15) is 0 Å². The number of nitrogens with two attached hydrogens (primary N) is 1. The molecule has 0 bridgehead atoms. The lowest BCUT2D eigenvalue weighted by Crippen LogP contribution is -2.70. The second kappa shape index (κ2) is 13.3. The molecule has 3 aromatic rings. The molecule has 4 unspecified atom stereocenters. The highest BCUT2D eigenvalue weighted by Crippen LogP contribution is 2.59. The zero-order valence-electron chi connectivity index (χ0n) is 24.6. The van der Waals surface area contributed by atoms with Crippen LogP contribution >= 0.6 is 35.6 Å². The molecule has 0 aliphatic carbocycles. The highest BCUT2D eigenvalue weighted by Gasteiger charge is 2.64. The third-order valence-corrected chi connectivity index (χ3v) is 10.2. The fourth-order valence-electron chi connectivity index (χ4n) is 7.65. The van der Waals surface area contributed by atoms with Crippen LogP contribution in [0.3, 0.4) is 0 Å². The van der Waals surface area contributed by atoms with Gasteiger partial charge in [-0.1, -0.05) is 72.6 Å². The first-order chi connectivity index (χ1) is 20.3. The Bertz CT molecular complexity index is 1440. The number of hydrogen-bond donors (Lipinski definition) is 2. The molecule has 3 aromatic carbocycles. The van der Waals surface area contributed by atoms with Crippen LogP contribution in [0.15, 0.2) is 66.7 Å². The lowest BCUT2D eigenvalue weighted by atomic mass is 9.51. The number of amides is 2. The van der Waals surface area contributed by atoms with Crippen molar-refractivity contribution >= 4 is 47.4 Å². The molecule has 2 aliphatic heterocycles. The van der Waals surface area contributed by atoms with E-state index in [1.165, 1.54) is 0 Å². The molecule has 0 radical (unpaired) electrons. The average molecular weight is 647 g/mol. The molecule has 3 N–H and O–H groups in total. The van der Waals surface area contributed by atoms with E-state index in [2.05, 4.69) is 12.2 Å². The molecule has 43 heavy (non-hydrogen) atoms. The van der Waals surface area contributed by atoms with E-state index in [0.717, 1.165) is 24.1 Å². The number of ether oxygens (including phenoxy) is 2. The van der Waals surface area contributed by atoms with Gasteiger partial charge in [-0.25, -0.2) is 0 Å². The van der Waals surface area contributed by atoms with E-state index < -0.39 is 22.8 Å². The standard InChI is InChI=1S/C33H37Cl2N3O4.ClH/c1-4-33(23-15-17-37-20-23)29(21-13-14-24(34)25(35)19-21)32(31(36)40,22-9-6-5-7-10-22)16-18-38(33)30(39)28-26(41-2)11-8-12-27(28)42-3;/h5-14,19,23,29,37H,4,15-18,20H2,1-3H3,(H2,36,40);1H. The van der Waals surface area contributed by atoms with Gasteiger partial charge in [-0.15, -0.1) is 12.4 Å². The van der Waals surface area contributed by atoms with Gasteiger partial charge in [0.1, 0.15) is 17.1 Å². The Morgan fingerprint density at radius 1 is 1.00 bits per heavy atom. The van der Waals surface area contributed by atoms with Crippen molar-refractivity contribution in [2.24, 2.45) is 11.7 Å². The number of carbonyl (C=O) groups is 2. The van der Waals surface area contributed by atoms with Gasteiger partial charge in [0.25, 0.3) is 5.91 Å². The van der Waals surface area contributed by atoms with Crippen molar-refractivity contribution < 1.29 is 19.1 Å². The molecule has 4 atom stereocenters. The summed E-state index contributed by atoms with van der Waals surface area (Å²) in [5, 5.41) is 4.30. The molecular weight excluding hydrogens is 609 g/mol. The molecule has 2 saturated heterocycles. The van der Waals surface area contributed by atoms with Crippen LogP contribution in [0.5, 0.6) is 11.5 Å². The highest BCUT2D eigenvalue weighted by molar-refractivity contribution is 6.42. The topological polar surface area (TPSA) is 93.9 Å². The van der Waals surface area contributed by atoms with E-state index in [4.69, 9.17) is 38.4 Å². The number of benzene rings is 3. The molecule has 2 amide bonds. The van der Waals surface area contributed by atoms with E-state index in [-0.39, 0.29) is 24.2 Å². The fraction of sp³-hybridized carbons (Fsp3) is 0.394. The second-order valence-electron chi connectivity index (χ2n) is 11.1. The molecule has 0 aromatic heterocycles. The molecule has 10 heteroatoms. The van der Waals surface area contributed by atoms with Crippen molar-refractivity contribution in [2.45, 2.75) is 43.1 Å². The minimum Gasteiger partial charge on any atom is -0.496 e. The number of piperidine rings is 1. The van der Waals surface area contributed by atoms with Gasteiger partial charge < -0.3 is 25.4 Å². The number of hydrogen-bond acceptors (Lipinski definition) is 5. The fourth-order valence-corrected chi connectivity index (χ4v) is 7.96. The summed E-state index contributed by atoms with van der Waals surface area (Å²) in [5.41, 5.74) is 6.49. The van der Waals surface area contributed by atoms with Gasteiger partial charge >= 0.3 is 0 Å². The van der Waals surface area contributed by atoms with Gasteiger partial charge in [-0.3, -0.25) is 9.59 Å². The number of rotatable bonds is 8. The van der Waals surface area contributed by atoms with E-state index in [1.54, 1.807) is 38.5 Å². The maximum atomic E-state index is 14.9. The van der Waals surface area contributed by atoms with Gasteiger partial charge in [0, 0.05) is 19.0 Å². The number of nitrogens with one attached hydrogen (secondary N) is 1. The van der Waals surface area contributed by atoms with Crippen LogP contribution < -0.4 is 20.5 Å². The molecule has 2 heterocycles. The predicted molar refractivity (Wildman–Crippen MR) is 173 cm³/mol. The van der Waals surface area contributed by atoms with E-state index in [9.17, 15) is 9.59 Å². The molecule has 2 aliphatic rings. The highest BCUT2D eigenvalue weighted by atomic mass is 35.5. The molecular formula is C33H38Cl3N3O4. The Labute approximate surface area is 269 Å². The van der Waals surface area contributed by atoms with Crippen LogP contribution in [-0.4, -0.2) is 56.1 Å². The van der Waals surface area contributed by atoms with Crippen LogP contribution in [0, 0.1) is 5.92 Å². The zero-order valence-corrected chi connectivity index (χ0v) is 26.9. The summed E-state index contributed by atoms with van der Waals surface area (Å²) >= 11 is 13.0. The molecule has 0 saturated carbocycles. The maximum absolute atomic E-state index is 14.9. The predicted octanol–water partition coefficient (Wildman–Crippen LogP) is 6.24. The van der Waals surface area contributed by atoms with Crippen LogP contribution in [0.25, 0.3) is 0 Å². The SMILES string of the molecule is CCC1(C2CCNC2)C(c2ccc(Cl)c(Cl)c2)C(C(N)=O)(c2ccccc2)CCN1C(=O)c1c(OC)cccc1OC.Cl. The van der Waals surface area contributed by atoms with Crippen molar-refractivity contribution in [3.8, 4) is 11.5 Å². The third kappa shape index (κ3) is 5.35. The Hall–Kier alpha value is -2.97. The van der Waals surface area contributed by atoms with Crippen LogP contribution in [0.4, 0.5) is 0 Å². The Kier molecular flexibility index (Phi) is 10.2. The molecule has 5 rings (SSSR count). The number of nitrogens with zero attached hydrogens (tertiary/aromatic N) is 1. The van der Waals surface area contributed by atoms with Crippen molar-refractivity contribution in [1.29, 1.82) is 0 Å². The van der Waals surface area contributed by atoms with Crippen molar-refractivity contribution in [2.75, 3.05) is 33.9 Å². The van der Waals surface area contributed by atoms with Crippen LogP contribution in [0.2, 0.25) is 10.0 Å². The summed E-state index contributed by atoms with van der Waals surface area (Å²) in [7, 11) is 3.09. The number of likely N-dealkylation sites (tertiary alicyclic amines) is 1. The molecule has 2 fully saturated rings. The Balaban J connectivity index is 0.00000423. The average Bonchev–Trinajstić information content (AvgIpc) is 3.57. The molecule has 230 valence electrons. The van der Waals surface area contributed by atoms with Gasteiger partial charge in [0.15, 0.2) is 0 Å². The Morgan fingerprint density at radius 2 is 1.67 bits per heavy atom. The summed E-state index contributed by atoms with van der Waals surface area (Å²) in [6.45, 7) is 3.88. The lowest BCUT2D eigenvalue weighted by Gasteiger charge is -2.61. The number of primary amides is 1.